The van der Waals surface area contributed by atoms with Crippen LogP contribution in [0.2, 0.25) is 0 Å². The van der Waals surface area contributed by atoms with Crippen LogP contribution in [0.5, 0.6) is 17.4 Å². The maximum Gasteiger partial charge on any atom is 0.282 e. The molecule has 0 spiro atoms. The van der Waals surface area contributed by atoms with E-state index in [-0.39, 0.29) is 12.2 Å². The van der Waals surface area contributed by atoms with Gasteiger partial charge in [-0.15, -0.1) is 0 Å². The average molecular weight is 633 g/mol. The SMILES string of the molecule is CCC1CCC(c2cc(OCc3ccc(OC)cc3)no2)CC1.COc1ccc(Cn2oc(C3CCC(CO)CC3)cc2=O)cc1. The van der Waals surface area contributed by atoms with Crippen LogP contribution in [0, 0.1) is 11.8 Å². The zero-order valence-corrected chi connectivity index (χ0v) is 27.4. The molecular formula is C37H48N2O7. The predicted molar refractivity (Wildman–Crippen MR) is 176 cm³/mol. The molecule has 2 fully saturated rings. The third kappa shape index (κ3) is 9.06. The summed E-state index contributed by atoms with van der Waals surface area (Å²) in [5.41, 5.74) is 1.98. The molecule has 248 valence electrons. The van der Waals surface area contributed by atoms with E-state index in [4.69, 9.17) is 23.3 Å². The van der Waals surface area contributed by atoms with E-state index in [0.29, 0.717) is 36.8 Å². The summed E-state index contributed by atoms with van der Waals surface area (Å²) in [5.74, 6) is 6.06. The van der Waals surface area contributed by atoms with E-state index >= 15 is 0 Å². The van der Waals surface area contributed by atoms with Gasteiger partial charge in [-0.2, -0.15) is 4.74 Å². The number of aliphatic hydroxyl groups excluding tert-OH is 1. The van der Waals surface area contributed by atoms with Crippen LogP contribution in [0.4, 0.5) is 0 Å². The first-order chi connectivity index (χ1) is 22.5. The molecule has 9 heteroatoms. The van der Waals surface area contributed by atoms with Crippen LogP contribution in [-0.2, 0) is 13.2 Å². The van der Waals surface area contributed by atoms with Gasteiger partial charge in [-0.05, 0) is 104 Å². The highest BCUT2D eigenvalue weighted by Crippen LogP contribution is 2.38. The first kappa shape index (κ1) is 33.4. The van der Waals surface area contributed by atoms with Gasteiger partial charge < -0.3 is 28.4 Å². The second-order valence-electron chi connectivity index (χ2n) is 12.6. The van der Waals surface area contributed by atoms with Gasteiger partial charge in [0, 0.05) is 30.6 Å². The van der Waals surface area contributed by atoms with Gasteiger partial charge in [-0.3, -0.25) is 4.79 Å². The lowest BCUT2D eigenvalue weighted by Gasteiger charge is -2.25. The van der Waals surface area contributed by atoms with Crippen molar-refractivity contribution in [2.75, 3.05) is 20.8 Å². The summed E-state index contributed by atoms with van der Waals surface area (Å²) in [6.45, 7) is 3.45. The van der Waals surface area contributed by atoms with E-state index in [9.17, 15) is 9.90 Å². The molecule has 46 heavy (non-hydrogen) atoms. The number of rotatable bonds is 11. The Morgan fingerprint density at radius 1 is 0.783 bits per heavy atom. The predicted octanol–water partition coefficient (Wildman–Crippen LogP) is 7.71. The van der Waals surface area contributed by atoms with Gasteiger partial charge in [-0.25, -0.2) is 0 Å². The highest BCUT2D eigenvalue weighted by Gasteiger charge is 2.26. The third-order valence-corrected chi connectivity index (χ3v) is 9.60. The lowest BCUT2D eigenvalue weighted by atomic mass is 9.80. The smallest absolute Gasteiger partial charge is 0.282 e. The summed E-state index contributed by atoms with van der Waals surface area (Å²) in [6, 6.07) is 19.0. The molecule has 0 amide bonds. The molecular weight excluding hydrogens is 584 g/mol. The second kappa shape index (κ2) is 16.5. The fourth-order valence-electron chi connectivity index (χ4n) is 6.49. The summed E-state index contributed by atoms with van der Waals surface area (Å²) >= 11 is 0. The minimum atomic E-state index is -0.0971. The van der Waals surface area contributed by atoms with Crippen molar-refractivity contribution in [3.05, 3.63) is 93.7 Å². The Bertz CT molecular complexity index is 1510. The van der Waals surface area contributed by atoms with Crippen molar-refractivity contribution in [1.29, 1.82) is 0 Å². The molecule has 1 N–H and O–H groups in total. The fraction of sp³-hybridized carbons (Fsp3) is 0.514. The Labute approximate surface area is 271 Å². The zero-order chi connectivity index (χ0) is 32.3. The van der Waals surface area contributed by atoms with Gasteiger partial charge in [0.05, 0.1) is 20.8 Å². The Morgan fingerprint density at radius 2 is 1.35 bits per heavy atom. The van der Waals surface area contributed by atoms with Crippen LogP contribution < -0.4 is 19.8 Å². The summed E-state index contributed by atoms with van der Waals surface area (Å²) in [7, 11) is 3.29. The van der Waals surface area contributed by atoms with Crippen LogP contribution in [-0.4, -0.2) is 35.8 Å². The van der Waals surface area contributed by atoms with Crippen molar-refractivity contribution in [2.45, 2.75) is 89.7 Å². The van der Waals surface area contributed by atoms with Crippen LogP contribution in [0.1, 0.15) is 99.2 Å². The van der Waals surface area contributed by atoms with Crippen LogP contribution in [0.25, 0.3) is 0 Å². The minimum absolute atomic E-state index is 0.0971. The van der Waals surface area contributed by atoms with Crippen LogP contribution >= 0.6 is 0 Å². The summed E-state index contributed by atoms with van der Waals surface area (Å²) < 4.78 is 28.7. The molecule has 0 bridgehead atoms. The molecule has 0 aliphatic heterocycles. The maximum atomic E-state index is 12.1. The molecule has 2 saturated carbocycles. The number of hydrogen-bond acceptors (Lipinski definition) is 8. The van der Waals surface area contributed by atoms with Gasteiger partial charge in [0.2, 0.25) is 0 Å². The molecule has 0 saturated heterocycles. The number of hydrogen-bond donors (Lipinski definition) is 1. The average Bonchev–Trinajstić information content (AvgIpc) is 3.74. The van der Waals surface area contributed by atoms with E-state index in [2.05, 4.69) is 12.1 Å². The largest absolute Gasteiger partial charge is 0.497 e. The van der Waals surface area contributed by atoms with Gasteiger partial charge in [0.25, 0.3) is 11.4 Å². The molecule has 6 rings (SSSR count). The van der Waals surface area contributed by atoms with Gasteiger partial charge in [-0.1, -0.05) is 37.6 Å². The van der Waals surface area contributed by atoms with Crippen molar-refractivity contribution in [1.82, 2.24) is 9.90 Å². The number of nitrogens with zero attached hydrogens (tertiary/aromatic N) is 2. The molecule has 0 radical (unpaired) electrons. The molecule has 0 atom stereocenters. The number of benzene rings is 2. The standard InChI is InChI=1S/C19H25NO3.C18H23NO4/c1-3-14-4-8-16(9-5-14)18-12-19(20-23-18)22-13-15-6-10-17(21-2)11-7-15;1-22-16-8-4-13(5-9-16)11-19-18(21)10-17(23-19)15-6-2-14(12-20)3-7-15/h6-7,10-12,14,16H,3-5,8-9,13H2,1-2H3;4-5,8-10,14-15,20H,2-3,6-7,11-12H2,1H3. The van der Waals surface area contributed by atoms with E-state index < -0.39 is 0 Å². The quantitative estimate of drug-likeness (QED) is 0.179. The molecule has 2 aromatic heterocycles. The molecule has 2 aromatic carbocycles. The highest BCUT2D eigenvalue weighted by molar-refractivity contribution is 5.28. The Hall–Kier alpha value is -3.98. The monoisotopic (exact) mass is 632 g/mol. The van der Waals surface area contributed by atoms with Crippen molar-refractivity contribution in [2.24, 2.45) is 11.8 Å². The van der Waals surface area contributed by atoms with E-state index in [0.717, 1.165) is 65.7 Å². The molecule has 9 nitrogen and oxygen atoms in total. The summed E-state index contributed by atoms with van der Waals surface area (Å²) in [5, 5.41) is 13.3. The Kier molecular flexibility index (Phi) is 12.0. The van der Waals surface area contributed by atoms with Crippen molar-refractivity contribution in [3.8, 4) is 17.4 Å². The molecule has 4 aromatic rings. The fourth-order valence-corrected chi connectivity index (χ4v) is 6.49. The topological polar surface area (TPSA) is 109 Å². The van der Waals surface area contributed by atoms with Gasteiger partial charge >= 0.3 is 0 Å². The molecule has 2 aliphatic carbocycles. The number of aromatic nitrogens is 2. The van der Waals surface area contributed by atoms with Crippen molar-refractivity contribution >= 4 is 0 Å². The third-order valence-electron chi connectivity index (χ3n) is 9.60. The first-order valence-electron chi connectivity index (χ1n) is 16.6. The minimum Gasteiger partial charge on any atom is -0.497 e. The Morgan fingerprint density at radius 3 is 1.91 bits per heavy atom. The van der Waals surface area contributed by atoms with E-state index in [1.807, 2.05) is 54.6 Å². The van der Waals surface area contributed by atoms with Crippen molar-refractivity contribution < 1.29 is 28.4 Å². The summed E-state index contributed by atoms with van der Waals surface area (Å²) in [4.78, 5) is 12.1. The van der Waals surface area contributed by atoms with E-state index in [1.54, 1.807) is 20.3 Å². The first-order valence-corrected chi connectivity index (χ1v) is 16.6. The van der Waals surface area contributed by atoms with Crippen LogP contribution in [0.15, 0.2) is 74.5 Å². The second-order valence-corrected chi connectivity index (χ2v) is 12.6. The van der Waals surface area contributed by atoms with Crippen molar-refractivity contribution in [3.63, 3.8) is 0 Å². The highest BCUT2D eigenvalue weighted by atomic mass is 16.5. The lowest BCUT2D eigenvalue weighted by Crippen LogP contribution is -2.15. The summed E-state index contributed by atoms with van der Waals surface area (Å²) in [6.07, 6.45) is 10.2. The molecule has 0 unspecified atom stereocenters. The number of aliphatic hydroxyl groups is 1. The Balaban J connectivity index is 0.000000181. The molecule has 2 aliphatic rings. The van der Waals surface area contributed by atoms with Gasteiger partial charge in [0.15, 0.2) is 0 Å². The lowest BCUT2D eigenvalue weighted by molar-refractivity contribution is 0.168. The maximum absolute atomic E-state index is 12.1. The zero-order valence-electron chi connectivity index (χ0n) is 27.4. The van der Waals surface area contributed by atoms with E-state index in [1.165, 1.54) is 36.8 Å². The number of ether oxygens (including phenoxy) is 3. The normalized spacial score (nSPS) is 21.2. The number of methoxy groups -OCH3 is 2. The van der Waals surface area contributed by atoms with Crippen LogP contribution in [0.3, 0.4) is 0 Å². The van der Waals surface area contributed by atoms with Gasteiger partial charge in [0.1, 0.15) is 29.6 Å². The molecule has 2 heterocycles.